The molecule has 31 heavy (non-hydrogen) atoms. The van der Waals surface area contributed by atoms with E-state index in [1.807, 2.05) is 42.9 Å². The fourth-order valence-corrected chi connectivity index (χ4v) is 3.74. The molecule has 0 saturated carbocycles. The van der Waals surface area contributed by atoms with Crippen LogP contribution in [0.1, 0.15) is 31.9 Å². The summed E-state index contributed by atoms with van der Waals surface area (Å²) in [5.41, 5.74) is 3.69. The van der Waals surface area contributed by atoms with Crippen LogP contribution in [0, 0.1) is 0 Å². The average Bonchev–Trinajstić information content (AvgIpc) is 3.40. The van der Waals surface area contributed by atoms with Gasteiger partial charge < -0.3 is 24.1 Å². The maximum Gasteiger partial charge on any atom is 0.222 e. The van der Waals surface area contributed by atoms with Gasteiger partial charge in [-0.05, 0) is 19.4 Å². The Morgan fingerprint density at radius 1 is 1.39 bits per heavy atom. The first-order valence-electron chi connectivity index (χ1n) is 10.4. The van der Waals surface area contributed by atoms with E-state index >= 15 is 0 Å². The van der Waals surface area contributed by atoms with Crippen LogP contribution in [0.2, 0.25) is 0 Å². The number of pyridine rings is 2. The molecule has 0 bridgehead atoms. The van der Waals surface area contributed by atoms with Crippen LogP contribution >= 0.6 is 0 Å². The van der Waals surface area contributed by atoms with E-state index in [1.54, 1.807) is 13.3 Å². The normalized spacial score (nSPS) is 17.1. The summed E-state index contributed by atoms with van der Waals surface area (Å²) < 4.78 is 18.9. The lowest BCUT2D eigenvalue weighted by Crippen LogP contribution is -2.16. The Bertz CT molecular complexity index is 1090. The van der Waals surface area contributed by atoms with Gasteiger partial charge in [-0.1, -0.05) is 0 Å². The van der Waals surface area contributed by atoms with Gasteiger partial charge in [-0.2, -0.15) is 0 Å². The van der Waals surface area contributed by atoms with Gasteiger partial charge in [-0.25, -0.2) is 4.98 Å². The monoisotopic (exact) mass is 424 g/mol. The van der Waals surface area contributed by atoms with E-state index in [-0.39, 0.29) is 17.9 Å². The van der Waals surface area contributed by atoms with Crippen molar-refractivity contribution in [1.29, 1.82) is 0 Å². The predicted molar refractivity (Wildman–Crippen MR) is 118 cm³/mol. The lowest BCUT2D eigenvalue weighted by molar-refractivity contribution is -0.114. The molecule has 1 N–H and O–H groups in total. The standard InChI is InChI=1S/C23H28N4O4/c1-14(29-4)12-31-17-7-20(16-5-6-30-13-16)26-21(8-17)19-11-27(3)22-10-24-23(9-18(19)22)25-15(2)28/h7-11,14,16H,5-6,12-13H2,1-4H3,(H,24,25,28). The summed E-state index contributed by atoms with van der Waals surface area (Å²) >= 11 is 0. The van der Waals surface area contributed by atoms with Crippen LogP contribution < -0.4 is 10.1 Å². The van der Waals surface area contributed by atoms with Crippen LogP contribution in [0.25, 0.3) is 22.2 Å². The second-order valence-corrected chi connectivity index (χ2v) is 7.95. The quantitative estimate of drug-likeness (QED) is 0.625. The fraction of sp³-hybridized carbons (Fsp3) is 0.435. The molecule has 3 aromatic heterocycles. The number of hydrogen-bond donors (Lipinski definition) is 1. The van der Waals surface area contributed by atoms with Crippen LogP contribution in [0.5, 0.6) is 5.75 Å². The van der Waals surface area contributed by atoms with Crippen LogP contribution in [-0.4, -0.2) is 53.5 Å². The van der Waals surface area contributed by atoms with E-state index in [0.717, 1.165) is 46.6 Å². The molecule has 1 aliphatic heterocycles. The zero-order chi connectivity index (χ0) is 22.0. The first kappa shape index (κ1) is 21.3. The van der Waals surface area contributed by atoms with Crippen LogP contribution in [0.4, 0.5) is 5.82 Å². The molecule has 1 amide bonds. The Morgan fingerprint density at radius 2 is 2.23 bits per heavy atom. The Hall–Kier alpha value is -2.97. The molecule has 0 aromatic carbocycles. The minimum Gasteiger partial charge on any atom is -0.491 e. The molecule has 8 nitrogen and oxygen atoms in total. The molecular weight excluding hydrogens is 396 g/mol. The molecule has 164 valence electrons. The molecule has 3 aromatic rings. The summed E-state index contributed by atoms with van der Waals surface area (Å²) in [6.07, 6.45) is 4.72. The van der Waals surface area contributed by atoms with E-state index in [2.05, 4.69) is 10.3 Å². The summed E-state index contributed by atoms with van der Waals surface area (Å²) in [5, 5.41) is 3.72. The molecule has 4 heterocycles. The molecule has 8 heteroatoms. The zero-order valence-electron chi connectivity index (χ0n) is 18.3. The number of methoxy groups -OCH3 is 1. The van der Waals surface area contributed by atoms with Crippen molar-refractivity contribution in [2.75, 3.05) is 32.2 Å². The maximum atomic E-state index is 11.5. The predicted octanol–water partition coefficient (Wildman–Crippen LogP) is 3.51. The minimum atomic E-state index is -0.159. The molecule has 1 fully saturated rings. The number of anilines is 1. The van der Waals surface area contributed by atoms with Crippen molar-refractivity contribution >= 4 is 22.6 Å². The number of carbonyl (C=O) groups is 1. The second-order valence-electron chi connectivity index (χ2n) is 7.95. The van der Waals surface area contributed by atoms with Crippen molar-refractivity contribution in [1.82, 2.24) is 14.5 Å². The van der Waals surface area contributed by atoms with E-state index in [9.17, 15) is 4.79 Å². The molecule has 4 rings (SSSR count). The number of nitrogens with one attached hydrogen (secondary N) is 1. The molecule has 0 aliphatic carbocycles. The highest BCUT2D eigenvalue weighted by molar-refractivity contribution is 5.98. The van der Waals surface area contributed by atoms with Gasteiger partial charge in [-0.15, -0.1) is 0 Å². The fourth-order valence-electron chi connectivity index (χ4n) is 3.74. The SMILES string of the molecule is COC(C)COc1cc(-c2cn(C)c3cnc(NC(C)=O)cc23)nc(C2CCOC2)c1. The van der Waals surface area contributed by atoms with E-state index in [0.29, 0.717) is 19.0 Å². The van der Waals surface area contributed by atoms with E-state index in [4.69, 9.17) is 19.2 Å². The number of carbonyl (C=O) groups excluding carboxylic acids is 1. The largest absolute Gasteiger partial charge is 0.491 e. The molecular formula is C23H28N4O4. The Kier molecular flexibility index (Phi) is 6.20. The molecule has 1 aliphatic rings. The van der Waals surface area contributed by atoms with Crippen molar-refractivity contribution in [2.45, 2.75) is 32.3 Å². The van der Waals surface area contributed by atoms with Gasteiger partial charge in [0.05, 0.1) is 35.8 Å². The van der Waals surface area contributed by atoms with Crippen molar-refractivity contribution in [3.8, 4) is 17.0 Å². The van der Waals surface area contributed by atoms with E-state index in [1.165, 1.54) is 6.92 Å². The van der Waals surface area contributed by atoms with Crippen LogP contribution in [-0.2, 0) is 21.3 Å². The Labute approximate surface area is 181 Å². The highest BCUT2D eigenvalue weighted by atomic mass is 16.5. The zero-order valence-corrected chi connectivity index (χ0v) is 18.3. The molecule has 0 radical (unpaired) electrons. The summed E-state index contributed by atoms with van der Waals surface area (Å²) in [6, 6.07) is 5.84. The number of hydrogen-bond acceptors (Lipinski definition) is 6. The van der Waals surface area contributed by atoms with Gasteiger partial charge >= 0.3 is 0 Å². The van der Waals surface area contributed by atoms with Gasteiger partial charge in [0, 0.05) is 62.9 Å². The second kappa shape index (κ2) is 9.03. The number of ether oxygens (including phenoxy) is 3. The van der Waals surface area contributed by atoms with Gasteiger partial charge in [0.25, 0.3) is 0 Å². The first-order valence-corrected chi connectivity index (χ1v) is 10.4. The maximum absolute atomic E-state index is 11.5. The van der Waals surface area contributed by atoms with Crippen molar-refractivity contribution in [3.63, 3.8) is 0 Å². The number of aryl methyl sites for hydroxylation is 1. The third kappa shape index (κ3) is 4.70. The summed E-state index contributed by atoms with van der Waals surface area (Å²) in [4.78, 5) is 20.8. The van der Waals surface area contributed by atoms with Gasteiger partial charge in [0.15, 0.2) is 0 Å². The highest BCUT2D eigenvalue weighted by Crippen LogP contribution is 2.35. The lowest BCUT2D eigenvalue weighted by atomic mass is 10.0. The highest BCUT2D eigenvalue weighted by Gasteiger charge is 2.22. The first-order chi connectivity index (χ1) is 14.9. The number of nitrogens with zero attached hydrogens (tertiary/aromatic N) is 3. The van der Waals surface area contributed by atoms with Gasteiger partial charge in [0.2, 0.25) is 5.91 Å². The molecule has 0 spiro atoms. The topological polar surface area (TPSA) is 87.5 Å². The number of fused-ring (bicyclic) bond motifs is 1. The number of amides is 1. The number of rotatable bonds is 7. The van der Waals surface area contributed by atoms with Crippen molar-refractivity contribution in [2.24, 2.45) is 7.05 Å². The molecule has 2 unspecified atom stereocenters. The van der Waals surface area contributed by atoms with Gasteiger partial charge in [0.1, 0.15) is 18.2 Å². The van der Waals surface area contributed by atoms with Crippen LogP contribution in [0.3, 0.4) is 0 Å². The third-order valence-electron chi connectivity index (χ3n) is 5.51. The average molecular weight is 425 g/mol. The van der Waals surface area contributed by atoms with Crippen molar-refractivity contribution < 1.29 is 19.0 Å². The summed E-state index contributed by atoms with van der Waals surface area (Å²) in [7, 11) is 3.64. The van der Waals surface area contributed by atoms with Crippen molar-refractivity contribution in [3.05, 3.63) is 36.3 Å². The van der Waals surface area contributed by atoms with Crippen LogP contribution in [0.15, 0.2) is 30.6 Å². The number of aromatic nitrogens is 3. The Morgan fingerprint density at radius 3 is 2.94 bits per heavy atom. The smallest absolute Gasteiger partial charge is 0.222 e. The minimum absolute atomic E-state index is 0.0151. The van der Waals surface area contributed by atoms with Gasteiger partial charge in [-0.3, -0.25) is 9.78 Å². The molecule has 2 atom stereocenters. The molecule has 1 saturated heterocycles. The third-order valence-corrected chi connectivity index (χ3v) is 5.51. The summed E-state index contributed by atoms with van der Waals surface area (Å²) in [6.45, 7) is 5.29. The Balaban J connectivity index is 1.79. The summed E-state index contributed by atoms with van der Waals surface area (Å²) in [5.74, 6) is 1.35. The lowest BCUT2D eigenvalue weighted by Gasteiger charge is -2.15. The van der Waals surface area contributed by atoms with E-state index < -0.39 is 0 Å².